The van der Waals surface area contributed by atoms with E-state index in [0.717, 1.165) is 31.0 Å². The van der Waals surface area contributed by atoms with E-state index in [1.54, 1.807) is 0 Å². The highest BCUT2D eigenvalue weighted by atomic mass is 79.9. The second-order valence-electron chi connectivity index (χ2n) is 5.06. The molecule has 3 heteroatoms. The first-order valence-corrected chi connectivity index (χ1v) is 8.82. The number of aliphatic carboxylic acids is 1. The fourth-order valence-corrected chi connectivity index (χ4v) is 2.41. The Hall–Kier alpha value is -0.310. The Morgan fingerprint density at radius 2 is 1.26 bits per heavy atom. The first kappa shape index (κ1) is 18.7. The number of carboxylic acids is 1. The van der Waals surface area contributed by atoms with Crippen LogP contribution in [-0.2, 0) is 4.79 Å². The highest BCUT2D eigenvalue weighted by Gasteiger charge is 1.95. The molecule has 1 N–H and O–H groups in total. The van der Waals surface area contributed by atoms with Crippen molar-refractivity contribution in [2.24, 2.45) is 0 Å². The number of unbranched alkanes of at least 4 members (excludes halogenated alkanes) is 9. The summed E-state index contributed by atoms with van der Waals surface area (Å²) in [4.78, 5) is 10.3. The van der Waals surface area contributed by atoms with Gasteiger partial charge in [0.05, 0.1) is 0 Å². The standard InChI is InChI=1S/C16H29BrO2/c17-15-13-11-9-7-5-3-1-2-4-6-8-10-12-14-16(18)19/h2,4H,1,3,5-15H2,(H,18,19)/b4-2-. The molecule has 19 heavy (non-hydrogen) atoms. The smallest absolute Gasteiger partial charge is 0.303 e. The maximum atomic E-state index is 10.3. The summed E-state index contributed by atoms with van der Waals surface area (Å²) in [6.45, 7) is 0. The van der Waals surface area contributed by atoms with Gasteiger partial charge in [0.1, 0.15) is 0 Å². The molecule has 0 aliphatic rings. The third-order valence-electron chi connectivity index (χ3n) is 3.18. The van der Waals surface area contributed by atoms with E-state index in [-0.39, 0.29) is 0 Å². The van der Waals surface area contributed by atoms with E-state index in [9.17, 15) is 4.79 Å². The summed E-state index contributed by atoms with van der Waals surface area (Å²) >= 11 is 3.45. The molecule has 0 aromatic heterocycles. The normalized spacial score (nSPS) is 11.2. The molecule has 0 spiro atoms. The predicted octanol–water partition coefficient (Wildman–Crippen LogP) is 5.70. The summed E-state index contributed by atoms with van der Waals surface area (Å²) in [5, 5.41) is 9.63. The number of hydrogen-bond acceptors (Lipinski definition) is 1. The molecule has 0 rings (SSSR count). The summed E-state index contributed by atoms with van der Waals surface area (Å²) in [5.41, 5.74) is 0. The quantitative estimate of drug-likeness (QED) is 0.251. The van der Waals surface area contributed by atoms with Crippen LogP contribution in [0.5, 0.6) is 0 Å². The lowest BCUT2D eigenvalue weighted by atomic mass is 10.1. The second-order valence-corrected chi connectivity index (χ2v) is 5.86. The lowest BCUT2D eigenvalue weighted by Crippen LogP contribution is -1.93. The van der Waals surface area contributed by atoms with E-state index in [1.165, 1.54) is 44.9 Å². The summed E-state index contributed by atoms with van der Waals surface area (Å²) in [7, 11) is 0. The van der Waals surface area contributed by atoms with Crippen molar-refractivity contribution in [1.82, 2.24) is 0 Å². The summed E-state index contributed by atoms with van der Waals surface area (Å²) in [5.74, 6) is -0.674. The van der Waals surface area contributed by atoms with E-state index < -0.39 is 5.97 Å². The topological polar surface area (TPSA) is 37.3 Å². The summed E-state index contributed by atoms with van der Waals surface area (Å²) in [6.07, 6.45) is 18.2. The first-order valence-electron chi connectivity index (χ1n) is 7.70. The molecular formula is C16H29BrO2. The van der Waals surface area contributed by atoms with Crippen molar-refractivity contribution in [1.29, 1.82) is 0 Å². The molecule has 112 valence electrons. The fraction of sp³-hybridized carbons (Fsp3) is 0.812. The van der Waals surface area contributed by atoms with E-state index in [2.05, 4.69) is 28.1 Å². The monoisotopic (exact) mass is 332 g/mol. The van der Waals surface area contributed by atoms with Gasteiger partial charge in [0.2, 0.25) is 0 Å². The van der Waals surface area contributed by atoms with Gasteiger partial charge >= 0.3 is 5.97 Å². The van der Waals surface area contributed by atoms with Gasteiger partial charge < -0.3 is 5.11 Å². The highest BCUT2D eigenvalue weighted by Crippen LogP contribution is 2.09. The molecule has 0 aromatic rings. The highest BCUT2D eigenvalue weighted by molar-refractivity contribution is 9.09. The van der Waals surface area contributed by atoms with Crippen LogP contribution in [0.3, 0.4) is 0 Å². The summed E-state index contributed by atoms with van der Waals surface area (Å²) in [6, 6.07) is 0. The summed E-state index contributed by atoms with van der Waals surface area (Å²) < 4.78 is 0. The van der Waals surface area contributed by atoms with Crippen molar-refractivity contribution in [3.8, 4) is 0 Å². The molecule has 0 aliphatic carbocycles. The average Bonchev–Trinajstić information content (AvgIpc) is 2.39. The molecular weight excluding hydrogens is 304 g/mol. The van der Waals surface area contributed by atoms with Gasteiger partial charge in [0, 0.05) is 11.8 Å². The first-order chi connectivity index (χ1) is 9.27. The molecule has 0 unspecified atom stereocenters. The molecule has 0 saturated heterocycles. The minimum atomic E-state index is -0.674. The molecule has 0 fully saturated rings. The van der Waals surface area contributed by atoms with Crippen LogP contribution < -0.4 is 0 Å². The zero-order valence-electron chi connectivity index (χ0n) is 12.1. The Morgan fingerprint density at radius 3 is 1.79 bits per heavy atom. The number of carboxylic acid groups (broad SMARTS) is 1. The largest absolute Gasteiger partial charge is 0.481 e. The molecule has 0 bridgehead atoms. The van der Waals surface area contributed by atoms with Crippen molar-refractivity contribution in [2.75, 3.05) is 5.33 Å². The predicted molar refractivity (Wildman–Crippen MR) is 86.0 cm³/mol. The van der Waals surface area contributed by atoms with Crippen LogP contribution in [-0.4, -0.2) is 16.4 Å². The van der Waals surface area contributed by atoms with Gasteiger partial charge in [-0.3, -0.25) is 4.79 Å². The van der Waals surface area contributed by atoms with Crippen LogP contribution in [0.25, 0.3) is 0 Å². The maximum Gasteiger partial charge on any atom is 0.303 e. The zero-order chi connectivity index (χ0) is 14.2. The number of carbonyl (C=O) groups is 1. The number of rotatable bonds is 14. The molecule has 0 amide bonds. The number of hydrogen-bond donors (Lipinski definition) is 1. The van der Waals surface area contributed by atoms with Gasteiger partial charge in [0.25, 0.3) is 0 Å². The molecule has 0 saturated carbocycles. The Labute approximate surface area is 126 Å². The van der Waals surface area contributed by atoms with E-state index in [1.807, 2.05) is 0 Å². The Bertz CT molecular complexity index is 227. The SMILES string of the molecule is O=C(O)CCCCC/C=C\CCCCCCCCBr. The third-order valence-corrected chi connectivity index (χ3v) is 3.74. The number of halogens is 1. The average molecular weight is 333 g/mol. The third kappa shape index (κ3) is 17.7. The van der Waals surface area contributed by atoms with Crippen molar-refractivity contribution in [2.45, 2.75) is 77.0 Å². The molecule has 0 aliphatic heterocycles. The van der Waals surface area contributed by atoms with E-state index in [4.69, 9.17) is 5.11 Å². The van der Waals surface area contributed by atoms with Crippen LogP contribution in [0, 0.1) is 0 Å². The van der Waals surface area contributed by atoms with Crippen LogP contribution in [0.1, 0.15) is 77.0 Å². The van der Waals surface area contributed by atoms with Crippen molar-refractivity contribution in [3.63, 3.8) is 0 Å². The van der Waals surface area contributed by atoms with Crippen molar-refractivity contribution in [3.05, 3.63) is 12.2 Å². The van der Waals surface area contributed by atoms with Crippen LogP contribution in [0.4, 0.5) is 0 Å². The van der Waals surface area contributed by atoms with Crippen molar-refractivity contribution < 1.29 is 9.90 Å². The maximum absolute atomic E-state index is 10.3. The van der Waals surface area contributed by atoms with Gasteiger partial charge in [-0.1, -0.05) is 60.2 Å². The molecule has 0 aromatic carbocycles. The van der Waals surface area contributed by atoms with Crippen LogP contribution in [0.15, 0.2) is 12.2 Å². The van der Waals surface area contributed by atoms with Crippen molar-refractivity contribution >= 4 is 21.9 Å². The number of allylic oxidation sites excluding steroid dienone is 2. The molecule has 2 nitrogen and oxygen atoms in total. The molecule has 0 atom stereocenters. The van der Waals surface area contributed by atoms with Gasteiger partial charge in [-0.25, -0.2) is 0 Å². The van der Waals surface area contributed by atoms with E-state index in [0.29, 0.717) is 6.42 Å². The van der Waals surface area contributed by atoms with Gasteiger partial charge in [0.15, 0.2) is 0 Å². The minimum Gasteiger partial charge on any atom is -0.481 e. The molecule has 0 radical (unpaired) electrons. The Morgan fingerprint density at radius 1 is 0.789 bits per heavy atom. The lowest BCUT2D eigenvalue weighted by Gasteiger charge is -1.98. The lowest BCUT2D eigenvalue weighted by molar-refractivity contribution is -0.137. The van der Waals surface area contributed by atoms with Crippen LogP contribution in [0.2, 0.25) is 0 Å². The van der Waals surface area contributed by atoms with Crippen LogP contribution >= 0.6 is 15.9 Å². The van der Waals surface area contributed by atoms with Gasteiger partial charge in [-0.05, 0) is 38.5 Å². The molecule has 0 heterocycles. The fourth-order valence-electron chi connectivity index (χ4n) is 2.01. The van der Waals surface area contributed by atoms with Gasteiger partial charge in [-0.15, -0.1) is 0 Å². The Balaban J connectivity index is 3.07. The second kappa shape index (κ2) is 15.7. The minimum absolute atomic E-state index is 0.318. The van der Waals surface area contributed by atoms with Gasteiger partial charge in [-0.2, -0.15) is 0 Å². The van der Waals surface area contributed by atoms with E-state index >= 15 is 0 Å². The Kier molecular flexibility index (Phi) is 15.5. The number of alkyl halides is 1. The zero-order valence-corrected chi connectivity index (χ0v) is 13.7.